The average Bonchev–Trinajstić information content (AvgIpc) is 3.02. The van der Waals surface area contributed by atoms with Gasteiger partial charge in [-0.05, 0) is 81.3 Å². The normalized spacial score (nSPS) is 16.7. The Morgan fingerprint density at radius 1 is 0.448 bits per heavy atom. The van der Waals surface area contributed by atoms with E-state index in [0.717, 1.165) is 0 Å². The zero-order valence-corrected chi connectivity index (χ0v) is 16.4. The van der Waals surface area contributed by atoms with Crippen LogP contribution in [0, 0.1) is 0 Å². The number of aryl methyl sites for hydroxylation is 4. The molecule has 29 heavy (non-hydrogen) atoms. The van der Waals surface area contributed by atoms with E-state index in [4.69, 9.17) is 0 Å². The van der Waals surface area contributed by atoms with Crippen molar-refractivity contribution in [2.45, 2.75) is 31.1 Å². The van der Waals surface area contributed by atoms with Crippen molar-refractivity contribution in [3.05, 3.63) is 129 Å². The van der Waals surface area contributed by atoms with E-state index in [1.165, 1.54) is 81.3 Å². The van der Waals surface area contributed by atoms with E-state index in [0.29, 0.717) is 0 Å². The molecule has 0 radical (unpaired) electrons. The molecule has 0 aliphatic heterocycles. The Morgan fingerprint density at radius 3 is 1.31 bits per heavy atom. The molecule has 0 N–H and O–H groups in total. The van der Waals surface area contributed by atoms with Crippen molar-refractivity contribution in [1.82, 2.24) is 0 Å². The van der Waals surface area contributed by atoms with Gasteiger partial charge in [-0.3, -0.25) is 0 Å². The number of benzene rings is 4. The van der Waals surface area contributed by atoms with E-state index in [9.17, 15) is 0 Å². The molecule has 0 aromatic heterocycles. The molecule has 0 heterocycles. The SMILES string of the molecule is c1ccc2c(c1)-c1ccccc1C2(c1ccc2c(c1)CC2)c1ccc2c(c1)CC2. The van der Waals surface area contributed by atoms with Crippen LogP contribution in [0.5, 0.6) is 0 Å². The molecular formula is C29H22. The van der Waals surface area contributed by atoms with Crippen LogP contribution in [0.15, 0.2) is 84.9 Å². The monoisotopic (exact) mass is 370 g/mol. The van der Waals surface area contributed by atoms with Crippen molar-refractivity contribution in [1.29, 1.82) is 0 Å². The van der Waals surface area contributed by atoms with Gasteiger partial charge >= 0.3 is 0 Å². The molecule has 4 aromatic rings. The fourth-order valence-electron chi connectivity index (χ4n) is 5.88. The van der Waals surface area contributed by atoms with Gasteiger partial charge in [0.2, 0.25) is 0 Å². The van der Waals surface area contributed by atoms with E-state index >= 15 is 0 Å². The van der Waals surface area contributed by atoms with E-state index in [1.54, 1.807) is 0 Å². The Morgan fingerprint density at radius 2 is 0.897 bits per heavy atom. The largest absolute Gasteiger partial charge is 0.0713 e. The third kappa shape index (κ3) is 1.90. The molecule has 138 valence electrons. The van der Waals surface area contributed by atoms with Gasteiger partial charge in [0, 0.05) is 0 Å². The molecule has 0 fully saturated rings. The van der Waals surface area contributed by atoms with Gasteiger partial charge in [0.25, 0.3) is 0 Å². The predicted molar refractivity (Wildman–Crippen MR) is 119 cm³/mol. The van der Waals surface area contributed by atoms with Crippen LogP contribution in [-0.4, -0.2) is 0 Å². The highest BCUT2D eigenvalue weighted by Crippen LogP contribution is 2.56. The Labute approximate surface area is 171 Å². The standard InChI is InChI=1S/C29H22/c1-3-7-27-25(5-1)26-6-2-4-8-28(26)29(27,23-15-13-19-9-11-21(19)17-23)24-16-14-20-10-12-22(20)18-24/h1-8,13-18H,9-12H2. The van der Waals surface area contributed by atoms with Gasteiger partial charge in [-0.1, -0.05) is 84.9 Å². The summed E-state index contributed by atoms with van der Waals surface area (Å²) < 4.78 is 0. The lowest BCUT2D eigenvalue weighted by molar-refractivity contribution is 0.740. The molecule has 7 rings (SSSR count). The van der Waals surface area contributed by atoms with Crippen LogP contribution in [0.2, 0.25) is 0 Å². The molecule has 0 bridgehead atoms. The summed E-state index contributed by atoms with van der Waals surface area (Å²) in [7, 11) is 0. The smallest absolute Gasteiger partial charge is 0.0619 e. The van der Waals surface area contributed by atoms with E-state index in [-0.39, 0.29) is 5.41 Å². The molecule has 0 amide bonds. The maximum atomic E-state index is 2.50. The zero-order chi connectivity index (χ0) is 19.0. The molecule has 3 aliphatic rings. The Bertz CT molecular complexity index is 1200. The number of fused-ring (bicyclic) bond motifs is 5. The van der Waals surface area contributed by atoms with Crippen LogP contribution in [-0.2, 0) is 31.1 Å². The Hall–Kier alpha value is -3.12. The topological polar surface area (TPSA) is 0 Å². The maximum Gasteiger partial charge on any atom is 0.0713 e. The van der Waals surface area contributed by atoms with Gasteiger partial charge < -0.3 is 0 Å². The van der Waals surface area contributed by atoms with Gasteiger partial charge in [-0.25, -0.2) is 0 Å². The first-order valence-electron chi connectivity index (χ1n) is 10.8. The third-order valence-corrected chi connectivity index (χ3v) is 7.56. The summed E-state index contributed by atoms with van der Waals surface area (Å²) in [6.07, 6.45) is 4.89. The Kier molecular flexibility index (Phi) is 2.98. The van der Waals surface area contributed by atoms with E-state index < -0.39 is 0 Å². The zero-order valence-electron chi connectivity index (χ0n) is 16.4. The average molecular weight is 370 g/mol. The van der Waals surface area contributed by atoms with Gasteiger partial charge in [0.1, 0.15) is 0 Å². The number of hydrogen-bond donors (Lipinski definition) is 0. The fourth-order valence-corrected chi connectivity index (χ4v) is 5.88. The van der Waals surface area contributed by atoms with Gasteiger partial charge in [0.15, 0.2) is 0 Å². The summed E-state index contributed by atoms with van der Waals surface area (Å²) in [4.78, 5) is 0. The molecule has 0 saturated heterocycles. The highest BCUT2D eigenvalue weighted by molar-refractivity contribution is 5.86. The van der Waals surface area contributed by atoms with Crippen molar-refractivity contribution < 1.29 is 0 Å². The summed E-state index contributed by atoms with van der Waals surface area (Å²) in [6.45, 7) is 0. The Balaban J connectivity index is 1.63. The van der Waals surface area contributed by atoms with Crippen LogP contribution in [0.25, 0.3) is 11.1 Å². The third-order valence-electron chi connectivity index (χ3n) is 7.56. The van der Waals surface area contributed by atoms with Crippen molar-refractivity contribution >= 4 is 0 Å². The van der Waals surface area contributed by atoms with Crippen molar-refractivity contribution in [2.75, 3.05) is 0 Å². The lowest BCUT2D eigenvalue weighted by Gasteiger charge is -2.36. The van der Waals surface area contributed by atoms with Crippen LogP contribution in [0.1, 0.15) is 44.5 Å². The minimum Gasteiger partial charge on any atom is -0.0619 e. The molecular weight excluding hydrogens is 348 g/mol. The second kappa shape index (κ2) is 5.48. The fraction of sp³-hybridized carbons (Fsp3) is 0.172. The lowest BCUT2D eigenvalue weighted by atomic mass is 9.65. The minimum absolute atomic E-state index is 0.220. The van der Waals surface area contributed by atoms with Crippen molar-refractivity contribution in [3.8, 4) is 11.1 Å². The second-order valence-electron chi connectivity index (χ2n) is 8.81. The maximum absolute atomic E-state index is 2.50. The number of rotatable bonds is 2. The van der Waals surface area contributed by atoms with Crippen molar-refractivity contribution in [3.63, 3.8) is 0 Å². The lowest BCUT2D eigenvalue weighted by Crippen LogP contribution is -2.30. The molecule has 0 spiro atoms. The molecule has 0 heteroatoms. The molecule has 4 aromatic carbocycles. The van der Waals surface area contributed by atoms with Gasteiger partial charge in [-0.2, -0.15) is 0 Å². The highest BCUT2D eigenvalue weighted by atomic mass is 14.5. The molecule has 0 nitrogen and oxygen atoms in total. The molecule has 0 atom stereocenters. The molecule has 0 unspecified atom stereocenters. The molecule has 3 aliphatic carbocycles. The summed E-state index contributed by atoms with van der Waals surface area (Å²) in [5.74, 6) is 0. The predicted octanol–water partition coefficient (Wildman–Crippen LogP) is 6.25. The molecule has 0 saturated carbocycles. The summed E-state index contributed by atoms with van der Waals surface area (Å²) in [5.41, 5.74) is 14.4. The van der Waals surface area contributed by atoms with Gasteiger partial charge in [-0.15, -0.1) is 0 Å². The van der Waals surface area contributed by atoms with Crippen LogP contribution < -0.4 is 0 Å². The van der Waals surface area contributed by atoms with Crippen molar-refractivity contribution in [2.24, 2.45) is 0 Å². The first kappa shape index (κ1) is 15.8. The minimum atomic E-state index is -0.220. The van der Waals surface area contributed by atoms with Gasteiger partial charge in [0.05, 0.1) is 5.41 Å². The van der Waals surface area contributed by atoms with E-state index in [1.807, 2.05) is 0 Å². The first-order chi connectivity index (χ1) is 14.4. The first-order valence-corrected chi connectivity index (χ1v) is 10.8. The summed E-state index contributed by atoms with van der Waals surface area (Å²) >= 11 is 0. The number of hydrogen-bond acceptors (Lipinski definition) is 0. The summed E-state index contributed by atoms with van der Waals surface area (Å²) in [5, 5.41) is 0. The highest BCUT2D eigenvalue weighted by Gasteiger charge is 2.46. The second-order valence-corrected chi connectivity index (χ2v) is 8.81. The summed E-state index contributed by atoms with van der Waals surface area (Å²) in [6, 6.07) is 32.6. The van der Waals surface area contributed by atoms with Crippen LogP contribution in [0.3, 0.4) is 0 Å². The van der Waals surface area contributed by atoms with Crippen LogP contribution in [0.4, 0.5) is 0 Å². The quantitative estimate of drug-likeness (QED) is 0.345. The van der Waals surface area contributed by atoms with Crippen LogP contribution >= 0.6 is 0 Å². The van der Waals surface area contributed by atoms with E-state index in [2.05, 4.69) is 84.9 Å².